The fourth-order valence-electron chi connectivity index (χ4n) is 10.1. The Balaban J connectivity index is 1.18. The van der Waals surface area contributed by atoms with Crippen LogP contribution >= 0.6 is 0 Å². The van der Waals surface area contributed by atoms with Crippen molar-refractivity contribution in [3.05, 3.63) is 77.4 Å². The van der Waals surface area contributed by atoms with Gasteiger partial charge in [-0.05, 0) is 121 Å². The molecule has 0 bridgehead atoms. The number of para-hydroxylation sites is 1. The number of fused-ring (bicyclic) bond motifs is 1. The number of ketones is 3. The molecule has 2 fully saturated rings. The van der Waals surface area contributed by atoms with E-state index < -0.39 is 35.6 Å². The summed E-state index contributed by atoms with van der Waals surface area (Å²) in [6.07, 6.45) is 13.1. The summed E-state index contributed by atoms with van der Waals surface area (Å²) in [5.41, 5.74) is 3.89. The van der Waals surface area contributed by atoms with E-state index in [0.717, 1.165) is 61.2 Å². The van der Waals surface area contributed by atoms with Crippen molar-refractivity contribution in [3.8, 4) is 0 Å². The fourth-order valence-corrected chi connectivity index (χ4v) is 10.1. The van der Waals surface area contributed by atoms with Crippen molar-refractivity contribution in [2.24, 2.45) is 28.7 Å². The molecule has 0 aromatic heterocycles. The molecule has 6 atom stereocenters. The van der Waals surface area contributed by atoms with E-state index >= 15 is 0 Å². The molecule has 3 aliphatic rings. The maximum absolute atomic E-state index is 14.6. The van der Waals surface area contributed by atoms with Crippen LogP contribution in [-0.2, 0) is 36.8 Å². The van der Waals surface area contributed by atoms with Crippen molar-refractivity contribution < 1.29 is 33.5 Å². The number of nitrogens with one attached hydrogen (secondary N) is 3. The minimum Gasteiger partial charge on any atom is -0.444 e. The highest BCUT2D eigenvalue weighted by atomic mass is 16.6. The summed E-state index contributed by atoms with van der Waals surface area (Å²) < 4.78 is 5.55. The molecule has 12 heteroatoms. The zero-order valence-electron chi connectivity index (χ0n) is 43.3. The second kappa shape index (κ2) is 25.8. The Morgan fingerprint density at radius 1 is 0.913 bits per heavy atom. The lowest BCUT2D eigenvalue weighted by atomic mass is 9.86. The largest absolute Gasteiger partial charge is 0.444 e. The van der Waals surface area contributed by atoms with Crippen LogP contribution in [0.2, 0.25) is 0 Å². The zero-order valence-corrected chi connectivity index (χ0v) is 43.3. The number of unbranched alkanes of at least 4 members (excludes halogenated alkanes) is 3. The second-order valence-electron chi connectivity index (χ2n) is 21.8. The standard InChI is InChI=1S/C57H83N5O7/c1-10-11-25-46(49(64)28-17-13-16-27-48(63)44-24-18-23-41-36-51(61-52(41)44)57(9)31-20-32-58-57)60-53(66)45(39(4)5)37-50(65)47-26-19-33-62(47)54(67)42(35-40-21-14-12-15-22-40)29-30-43(34-38(2)3)59-55(68)69-56(6,7)8/h12,14-15,18,21-24,29-30,38-39,42-43,45-47,58H,10-11,13,16-17,19-20,25-28,31-37H2,1-9H3,(H,59,68)(H,60,66)/b30-29+. The van der Waals surface area contributed by atoms with Crippen molar-refractivity contribution in [1.29, 1.82) is 0 Å². The van der Waals surface area contributed by atoms with Gasteiger partial charge in [-0.1, -0.05) is 108 Å². The van der Waals surface area contributed by atoms with Gasteiger partial charge in [-0.3, -0.25) is 29.0 Å². The molecule has 12 nitrogen and oxygen atoms in total. The zero-order chi connectivity index (χ0) is 50.3. The Morgan fingerprint density at radius 3 is 2.32 bits per heavy atom. The van der Waals surface area contributed by atoms with Crippen LogP contribution in [0.3, 0.4) is 0 Å². The van der Waals surface area contributed by atoms with E-state index in [0.29, 0.717) is 76.3 Å². The highest BCUT2D eigenvalue weighted by molar-refractivity contribution is 6.07. The lowest BCUT2D eigenvalue weighted by molar-refractivity contribution is -0.141. The summed E-state index contributed by atoms with van der Waals surface area (Å²) in [6, 6.07) is 14.0. The Kier molecular flexibility index (Phi) is 20.5. The van der Waals surface area contributed by atoms with Crippen molar-refractivity contribution >= 4 is 46.7 Å². The van der Waals surface area contributed by atoms with Crippen LogP contribution in [0.25, 0.3) is 0 Å². The predicted octanol–water partition coefficient (Wildman–Crippen LogP) is 10.4. The number of carbonyl (C=O) groups is 6. The summed E-state index contributed by atoms with van der Waals surface area (Å²) in [7, 11) is 0. The van der Waals surface area contributed by atoms with Crippen LogP contribution in [0, 0.1) is 23.7 Å². The summed E-state index contributed by atoms with van der Waals surface area (Å²) >= 11 is 0. The first-order valence-electron chi connectivity index (χ1n) is 26.1. The average molecular weight is 950 g/mol. The molecule has 0 radical (unpaired) electrons. The quantitative estimate of drug-likeness (QED) is 0.0477. The molecular weight excluding hydrogens is 867 g/mol. The monoisotopic (exact) mass is 950 g/mol. The highest BCUT2D eigenvalue weighted by Crippen LogP contribution is 2.37. The van der Waals surface area contributed by atoms with Gasteiger partial charge >= 0.3 is 6.09 Å². The lowest BCUT2D eigenvalue weighted by Gasteiger charge is -2.29. The van der Waals surface area contributed by atoms with E-state index in [-0.39, 0.29) is 59.0 Å². The Bertz CT molecular complexity index is 2130. The van der Waals surface area contributed by atoms with Gasteiger partial charge in [0.25, 0.3) is 0 Å². The van der Waals surface area contributed by atoms with E-state index in [4.69, 9.17) is 9.73 Å². The molecule has 0 aliphatic carbocycles. The molecule has 6 unspecified atom stereocenters. The number of ether oxygens (including phenoxy) is 1. The predicted molar refractivity (Wildman–Crippen MR) is 275 cm³/mol. The third-order valence-electron chi connectivity index (χ3n) is 14.0. The molecule has 378 valence electrons. The third kappa shape index (κ3) is 16.3. The van der Waals surface area contributed by atoms with Crippen molar-refractivity contribution in [2.75, 3.05) is 13.1 Å². The van der Waals surface area contributed by atoms with Crippen LogP contribution < -0.4 is 16.0 Å². The number of alkyl carbamates (subject to hydrolysis) is 1. The highest BCUT2D eigenvalue weighted by Gasteiger charge is 2.40. The Labute approximate surface area is 413 Å². The van der Waals surface area contributed by atoms with Crippen LogP contribution in [0.15, 0.2) is 65.7 Å². The van der Waals surface area contributed by atoms with E-state index in [1.165, 1.54) is 0 Å². The van der Waals surface area contributed by atoms with E-state index in [1.807, 2.05) is 89.2 Å². The minimum absolute atomic E-state index is 0.0317. The maximum atomic E-state index is 14.6. The summed E-state index contributed by atoms with van der Waals surface area (Å²) in [4.78, 5) is 89.7. The molecule has 3 amide bonds. The number of likely N-dealkylation sites (tertiary alicyclic amines) is 1. The Hall–Kier alpha value is -4.97. The number of rotatable bonds is 26. The summed E-state index contributed by atoms with van der Waals surface area (Å²) in [5, 5.41) is 9.63. The van der Waals surface area contributed by atoms with Gasteiger partial charge in [0.2, 0.25) is 11.8 Å². The third-order valence-corrected chi connectivity index (χ3v) is 14.0. The number of amides is 3. The Morgan fingerprint density at radius 2 is 1.65 bits per heavy atom. The summed E-state index contributed by atoms with van der Waals surface area (Å²) in [5.74, 6) is -1.79. The molecule has 3 N–H and O–H groups in total. The first-order chi connectivity index (χ1) is 32.8. The molecular formula is C57H83N5O7. The number of hydrogen-bond acceptors (Lipinski definition) is 9. The number of nitrogens with zero attached hydrogens (tertiary/aromatic N) is 2. The first-order valence-corrected chi connectivity index (χ1v) is 26.1. The normalized spacial score (nSPS) is 19.8. The van der Waals surface area contributed by atoms with Crippen LogP contribution in [-0.4, -0.2) is 88.2 Å². The number of Topliss-reactive ketones (excluding diaryl/α,β-unsaturated/α-hetero) is 3. The topological polar surface area (TPSA) is 163 Å². The molecule has 3 heterocycles. The fraction of sp³-hybridized carbons (Fsp3) is 0.632. The van der Waals surface area contributed by atoms with Gasteiger partial charge in [0.1, 0.15) is 5.60 Å². The van der Waals surface area contributed by atoms with Gasteiger partial charge in [0, 0.05) is 49.4 Å². The van der Waals surface area contributed by atoms with Gasteiger partial charge in [-0.15, -0.1) is 0 Å². The van der Waals surface area contributed by atoms with Gasteiger partial charge in [0.05, 0.1) is 35.3 Å². The molecule has 69 heavy (non-hydrogen) atoms. The average Bonchev–Trinajstić information content (AvgIpc) is 4.08. The molecule has 2 saturated heterocycles. The number of carbonyl (C=O) groups excluding carboxylic acids is 6. The molecule has 2 aromatic carbocycles. The van der Waals surface area contributed by atoms with Crippen LogP contribution in [0.1, 0.15) is 174 Å². The van der Waals surface area contributed by atoms with E-state index in [9.17, 15) is 28.8 Å². The second-order valence-corrected chi connectivity index (χ2v) is 21.8. The molecule has 5 rings (SSSR count). The van der Waals surface area contributed by atoms with Crippen molar-refractivity contribution in [1.82, 2.24) is 20.9 Å². The number of hydrogen-bond donors (Lipinski definition) is 3. The molecule has 3 aliphatic heterocycles. The number of benzene rings is 2. The van der Waals surface area contributed by atoms with Gasteiger partial charge in [-0.25, -0.2) is 4.79 Å². The van der Waals surface area contributed by atoms with E-state index in [1.54, 1.807) is 4.90 Å². The number of aliphatic imine (C=N–C) groups is 1. The molecule has 2 aromatic rings. The lowest BCUT2D eigenvalue weighted by Crippen LogP contribution is -2.47. The van der Waals surface area contributed by atoms with Crippen molar-refractivity contribution in [2.45, 2.75) is 194 Å². The minimum atomic E-state index is -0.675. The van der Waals surface area contributed by atoms with Gasteiger partial charge in [0.15, 0.2) is 17.3 Å². The molecule has 0 spiro atoms. The first kappa shape index (κ1) is 55.0. The molecule has 0 saturated carbocycles. The smallest absolute Gasteiger partial charge is 0.408 e. The van der Waals surface area contributed by atoms with Crippen LogP contribution in [0.5, 0.6) is 0 Å². The summed E-state index contributed by atoms with van der Waals surface area (Å²) in [6.45, 7) is 19.1. The maximum Gasteiger partial charge on any atom is 0.408 e. The van der Waals surface area contributed by atoms with Gasteiger partial charge < -0.3 is 25.6 Å². The van der Waals surface area contributed by atoms with Crippen molar-refractivity contribution in [3.63, 3.8) is 0 Å². The van der Waals surface area contributed by atoms with E-state index in [2.05, 4.69) is 49.7 Å². The van der Waals surface area contributed by atoms with Gasteiger partial charge in [-0.2, -0.15) is 0 Å². The van der Waals surface area contributed by atoms with Crippen LogP contribution in [0.4, 0.5) is 10.5 Å². The SMILES string of the molecule is CCCCC(NC(=O)C(CC(=O)C1CCCN1C(=O)C(/C=C/C(CC(C)C)NC(=O)OC(C)(C)C)Cc1ccccc1)C(C)C)C(=O)CCCCCC(=O)c1cccc2c1N=C(C1(C)CCCN1)C2.